The van der Waals surface area contributed by atoms with Gasteiger partial charge in [0.1, 0.15) is 6.61 Å². The molecule has 2 N–H and O–H groups in total. The number of pyridine rings is 1. The summed E-state index contributed by atoms with van der Waals surface area (Å²) >= 11 is 1.76. The molecule has 3 aromatic rings. The van der Waals surface area contributed by atoms with E-state index in [1.165, 1.54) is 16.1 Å². The molecule has 242 valence electrons. The van der Waals surface area contributed by atoms with Crippen LogP contribution in [0.25, 0.3) is 10.4 Å². The van der Waals surface area contributed by atoms with E-state index in [0.29, 0.717) is 24.1 Å². The zero-order valence-electron chi connectivity index (χ0n) is 29.5. The van der Waals surface area contributed by atoms with Gasteiger partial charge in [-0.05, 0) is 106 Å². The molecule has 0 amide bonds. The summed E-state index contributed by atoms with van der Waals surface area (Å²) in [6.07, 6.45) is 7.98. The molecule has 6 heteroatoms. The minimum atomic E-state index is -0.276. The number of thiazole rings is 1. The molecule has 0 unspecified atom stereocenters. The van der Waals surface area contributed by atoms with Crippen molar-refractivity contribution in [3.8, 4) is 28.0 Å². The maximum Gasteiger partial charge on any atom is 0.166 e. The zero-order valence-corrected chi connectivity index (χ0v) is 30.3. The largest absolute Gasteiger partial charge is 0.485 e. The lowest BCUT2D eigenvalue weighted by molar-refractivity contribution is 0.102. The Kier molecular flexibility index (Phi) is 9.98. The number of anilines is 1. The smallest absolute Gasteiger partial charge is 0.166 e. The van der Waals surface area contributed by atoms with Gasteiger partial charge in [0.25, 0.3) is 0 Å². The fraction of sp³-hybridized carbons (Fsp3) is 0.538. The number of nitrogens with zero attached hydrogens (tertiary/aromatic N) is 3. The second-order valence-electron chi connectivity index (χ2n) is 16.1. The third-order valence-electron chi connectivity index (χ3n) is 8.68. The Bertz CT molecular complexity index is 1580. The number of ether oxygens (including phenoxy) is 1. The fourth-order valence-corrected chi connectivity index (χ4v) is 6.99. The lowest BCUT2D eigenvalue weighted by atomic mass is 9.72. The quantitative estimate of drug-likeness (QED) is 0.218. The van der Waals surface area contributed by atoms with Gasteiger partial charge in [-0.15, -0.1) is 17.9 Å². The highest BCUT2D eigenvalue weighted by atomic mass is 32.1. The van der Waals surface area contributed by atoms with E-state index in [1.54, 1.807) is 11.3 Å². The maximum absolute atomic E-state index is 6.50. The van der Waals surface area contributed by atoms with Gasteiger partial charge in [-0.1, -0.05) is 59.5 Å². The summed E-state index contributed by atoms with van der Waals surface area (Å²) in [7, 11) is 0. The first kappa shape index (κ1) is 34.7. The molecular weight excluding hydrogens is 573 g/mol. The molecular formula is C39H54N4OS. The van der Waals surface area contributed by atoms with Crippen LogP contribution < -0.4 is 10.5 Å². The zero-order chi connectivity index (χ0) is 33.4. The van der Waals surface area contributed by atoms with E-state index in [4.69, 9.17) is 15.5 Å². The third kappa shape index (κ3) is 8.57. The normalized spacial score (nSPS) is 15.4. The molecule has 1 fully saturated rings. The van der Waals surface area contributed by atoms with Crippen LogP contribution in [0.3, 0.4) is 0 Å². The molecule has 0 spiro atoms. The Labute approximate surface area is 276 Å². The SMILES string of the molecule is C=CC(C)(C)C#Cc1cc(COc2cc(-c3cnc(C4CCN(C(C)(C)C)CC4)s3)cnc2N)c(C(C)(C)C)c(C(C)(C)C)c1. The lowest BCUT2D eigenvalue weighted by Gasteiger charge is -2.40. The van der Waals surface area contributed by atoms with Crippen molar-refractivity contribution in [3.63, 3.8) is 0 Å². The molecule has 45 heavy (non-hydrogen) atoms. The third-order valence-corrected chi connectivity index (χ3v) is 9.89. The van der Waals surface area contributed by atoms with Gasteiger partial charge in [0.2, 0.25) is 0 Å². The van der Waals surface area contributed by atoms with Crippen molar-refractivity contribution in [1.29, 1.82) is 0 Å². The van der Waals surface area contributed by atoms with E-state index in [2.05, 4.69) is 117 Å². The number of hydrogen-bond acceptors (Lipinski definition) is 6. The van der Waals surface area contributed by atoms with Gasteiger partial charge in [0, 0.05) is 40.4 Å². The van der Waals surface area contributed by atoms with E-state index in [-0.39, 0.29) is 21.8 Å². The standard InChI is InChI=1S/C39H54N4OS/c1-13-39(11,12)17-14-26-20-29(33(37(5,6)7)30(21-26)36(2,3)4)25-44-31-22-28(23-41-34(31)40)32-24-42-35(45-32)27-15-18-43(19-16-27)38(8,9)10/h13,20-24,27H,1,15-16,18-19,25H2,2-12H3,(H2,40,41). The van der Waals surface area contributed by atoms with E-state index in [9.17, 15) is 0 Å². The Morgan fingerprint density at radius 3 is 2.20 bits per heavy atom. The van der Waals surface area contributed by atoms with Gasteiger partial charge in [-0.2, -0.15) is 0 Å². The average molecular weight is 627 g/mol. The summed E-state index contributed by atoms with van der Waals surface area (Å²) < 4.78 is 6.50. The molecule has 1 aliphatic heterocycles. The molecule has 4 rings (SSSR count). The van der Waals surface area contributed by atoms with Crippen LogP contribution in [-0.4, -0.2) is 33.5 Å². The number of piperidine rings is 1. The van der Waals surface area contributed by atoms with Crippen molar-refractivity contribution in [3.05, 3.63) is 70.5 Å². The van der Waals surface area contributed by atoms with Crippen LogP contribution in [0.1, 0.15) is 122 Å². The number of aromatic nitrogens is 2. The summed E-state index contributed by atoms with van der Waals surface area (Å²) in [6.45, 7) is 31.2. The molecule has 3 heterocycles. The molecule has 1 aromatic carbocycles. The van der Waals surface area contributed by atoms with Crippen LogP contribution in [0.5, 0.6) is 5.75 Å². The summed E-state index contributed by atoms with van der Waals surface area (Å²) in [5, 5.41) is 1.21. The highest BCUT2D eigenvalue weighted by molar-refractivity contribution is 7.15. The predicted molar refractivity (Wildman–Crippen MR) is 192 cm³/mol. The van der Waals surface area contributed by atoms with Gasteiger partial charge in [-0.3, -0.25) is 4.90 Å². The number of allylic oxidation sites excluding steroid dienone is 1. The van der Waals surface area contributed by atoms with Crippen molar-refractivity contribution in [2.75, 3.05) is 18.8 Å². The number of benzene rings is 1. The molecule has 1 saturated heterocycles. The first-order chi connectivity index (χ1) is 20.8. The van der Waals surface area contributed by atoms with E-state index >= 15 is 0 Å². The van der Waals surface area contributed by atoms with Crippen molar-refractivity contribution < 1.29 is 4.74 Å². The molecule has 0 saturated carbocycles. The van der Waals surface area contributed by atoms with Crippen molar-refractivity contribution in [2.45, 2.75) is 118 Å². The first-order valence-corrected chi connectivity index (χ1v) is 17.0. The van der Waals surface area contributed by atoms with Crippen LogP contribution in [0.4, 0.5) is 5.82 Å². The van der Waals surface area contributed by atoms with Gasteiger partial charge in [-0.25, -0.2) is 9.97 Å². The molecule has 1 aliphatic rings. The minimum absolute atomic E-state index is 0.0727. The topological polar surface area (TPSA) is 64.3 Å². The molecule has 0 bridgehead atoms. The van der Waals surface area contributed by atoms with Crippen molar-refractivity contribution in [1.82, 2.24) is 14.9 Å². The number of likely N-dealkylation sites (tertiary alicyclic amines) is 1. The minimum Gasteiger partial charge on any atom is -0.485 e. The average Bonchev–Trinajstić information content (AvgIpc) is 3.44. The number of nitrogen functional groups attached to an aromatic ring is 1. The van der Waals surface area contributed by atoms with E-state index < -0.39 is 0 Å². The second-order valence-corrected chi connectivity index (χ2v) is 17.2. The Morgan fingerprint density at radius 1 is 0.956 bits per heavy atom. The molecule has 2 aromatic heterocycles. The summed E-state index contributed by atoms with van der Waals surface area (Å²) in [4.78, 5) is 13.0. The van der Waals surface area contributed by atoms with Gasteiger partial charge >= 0.3 is 0 Å². The number of rotatable bonds is 6. The second kappa shape index (κ2) is 12.9. The van der Waals surface area contributed by atoms with Crippen LogP contribution in [0, 0.1) is 17.3 Å². The van der Waals surface area contributed by atoms with Gasteiger partial charge in [0.05, 0.1) is 9.88 Å². The Hall–Kier alpha value is -3.14. The number of nitrogens with two attached hydrogens (primary N) is 1. The molecule has 0 radical (unpaired) electrons. The fourth-order valence-electron chi connectivity index (χ4n) is 5.92. The summed E-state index contributed by atoms with van der Waals surface area (Å²) in [5.74, 6) is 8.28. The monoisotopic (exact) mass is 626 g/mol. The molecule has 5 nitrogen and oxygen atoms in total. The maximum atomic E-state index is 6.50. The van der Waals surface area contributed by atoms with Crippen LogP contribution in [0.15, 0.2) is 43.2 Å². The molecule has 0 aliphatic carbocycles. The van der Waals surface area contributed by atoms with Gasteiger partial charge < -0.3 is 10.5 Å². The van der Waals surface area contributed by atoms with Crippen LogP contribution >= 0.6 is 11.3 Å². The summed E-state index contributed by atoms with van der Waals surface area (Å²) in [5.41, 5.74) is 11.8. The molecule has 0 atom stereocenters. The van der Waals surface area contributed by atoms with Crippen molar-refractivity contribution >= 4 is 17.2 Å². The van der Waals surface area contributed by atoms with Crippen molar-refractivity contribution in [2.24, 2.45) is 5.41 Å². The summed E-state index contributed by atoms with van der Waals surface area (Å²) in [6, 6.07) is 6.44. The highest BCUT2D eigenvalue weighted by Gasteiger charge is 2.30. The number of hydrogen-bond donors (Lipinski definition) is 1. The Morgan fingerprint density at radius 2 is 1.62 bits per heavy atom. The van der Waals surface area contributed by atoms with E-state index in [0.717, 1.165) is 47.5 Å². The van der Waals surface area contributed by atoms with E-state index in [1.807, 2.05) is 24.5 Å². The first-order valence-electron chi connectivity index (χ1n) is 16.2. The lowest BCUT2D eigenvalue weighted by Crippen LogP contribution is -2.45. The Balaban J connectivity index is 1.63. The van der Waals surface area contributed by atoms with Crippen LogP contribution in [0.2, 0.25) is 0 Å². The van der Waals surface area contributed by atoms with Gasteiger partial charge in [0.15, 0.2) is 11.6 Å². The highest BCUT2D eigenvalue weighted by Crippen LogP contribution is 2.40. The predicted octanol–water partition coefficient (Wildman–Crippen LogP) is 9.50. The van der Waals surface area contributed by atoms with Crippen LogP contribution in [-0.2, 0) is 17.4 Å².